The highest BCUT2D eigenvalue weighted by atomic mass is 79.9. The van der Waals surface area contributed by atoms with E-state index in [4.69, 9.17) is 5.73 Å². The second-order valence-corrected chi connectivity index (χ2v) is 5.44. The molecular formula is C14H10BrN5. The molecule has 0 aliphatic rings. The summed E-state index contributed by atoms with van der Waals surface area (Å²) in [4.78, 5) is 7.43. The minimum atomic E-state index is 0.571. The first-order valence-electron chi connectivity index (χ1n) is 6.09. The molecule has 3 heterocycles. The van der Waals surface area contributed by atoms with Gasteiger partial charge in [0.15, 0.2) is 0 Å². The lowest BCUT2D eigenvalue weighted by atomic mass is 10.0. The summed E-state index contributed by atoms with van der Waals surface area (Å²) >= 11 is 3.55. The van der Waals surface area contributed by atoms with Crippen LogP contribution in [0.5, 0.6) is 0 Å². The lowest BCUT2D eigenvalue weighted by molar-refractivity contribution is 1.12. The number of H-pyrrole nitrogens is 2. The molecule has 5 nitrogen and oxygen atoms in total. The summed E-state index contributed by atoms with van der Waals surface area (Å²) in [5, 5.41) is 8.99. The molecule has 4 rings (SSSR count). The highest BCUT2D eigenvalue weighted by Gasteiger charge is 2.11. The monoisotopic (exact) mass is 327 g/mol. The zero-order valence-corrected chi connectivity index (χ0v) is 11.9. The van der Waals surface area contributed by atoms with E-state index in [0.717, 1.165) is 37.5 Å². The van der Waals surface area contributed by atoms with Crippen molar-refractivity contribution in [2.45, 2.75) is 0 Å². The number of nitrogens with zero attached hydrogens (tertiary/aromatic N) is 2. The SMILES string of the molecule is Nc1[nH]nc2c(Br)cc(-c3ccnc4[nH]ccc34)cc12. The van der Waals surface area contributed by atoms with Gasteiger partial charge in [0.1, 0.15) is 17.0 Å². The predicted octanol–water partition coefficient (Wildman–Crippen LogP) is 3.45. The van der Waals surface area contributed by atoms with Crippen LogP contribution in [0.3, 0.4) is 0 Å². The second-order valence-electron chi connectivity index (χ2n) is 4.59. The Bertz CT molecular complexity index is 937. The number of aromatic amines is 2. The molecule has 0 atom stereocenters. The highest BCUT2D eigenvalue weighted by Crippen LogP contribution is 2.34. The Morgan fingerprint density at radius 3 is 2.95 bits per heavy atom. The van der Waals surface area contributed by atoms with Crippen molar-refractivity contribution in [1.29, 1.82) is 0 Å². The summed E-state index contributed by atoms with van der Waals surface area (Å²) in [6.07, 6.45) is 3.69. The van der Waals surface area contributed by atoms with E-state index in [-0.39, 0.29) is 0 Å². The van der Waals surface area contributed by atoms with Gasteiger partial charge in [-0.25, -0.2) is 4.98 Å². The normalized spacial score (nSPS) is 11.4. The van der Waals surface area contributed by atoms with Crippen molar-refractivity contribution in [2.24, 2.45) is 0 Å². The van der Waals surface area contributed by atoms with Gasteiger partial charge in [0.2, 0.25) is 0 Å². The Hall–Kier alpha value is -2.34. The standard InChI is InChI=1S/C14H10BrN5/c15-11-6-7(5-10-12(11)19-20-13(10)16)8-1-3-17-14-9(8)2-4-18-14/h1-6H,(H,17,18)(H3,16,19,20). The number of halogens is 1. The molecular weight excluding hydrogens is 318 g/mol. The van der Waals surface area contributed by atoms with Crippen molar-refractivity contribution in [2.75, 3.05) is 5.73 Å². The summed E-state index contributed by atoms with van der Waals surface area (Å²) in [7, 11) is 0. The molecule has 0 aliphatic heterocycles. The molecule has 20 heavy (non-hydrogen) atoms. The first-order valence-corrected chi connectivity index (χ1v) is 6.89. The number of nitrogens with one attached hydrogen (secondary N) is 2. The molecule has 6 heteroatoms. The number of pyridine rings is 1. The van der Waals surface area contributed by atoms with Gasteiger partial charge in [-0.2, -0.15) is 5.10 Å². The maximum Gasteiger partial charge on any atom is 0.137 e. The van der Waals surface area contributed by atoms with E-state index in [1.807, 2.05) is 30.5 Å². The Balaban J connectivity index is 2.07. The molecule has 0 amide bonds. The second kappa shape index (κ2) is 4.08. The average molecular weight is 328 g/mol. The van der Waals surface area contributed by atoms with Gasteiger partial charge < -0.3 is 10.7 Å². The molecule has 0 aliphatic carbocycles. The van der Waals surface area contributed by atoms with E-state index in [9.17, 15) is 0 Å². The van der Waals surface area contributed by atoms with Crippen LogP contribution in [0.4, 0.5) is 5.82 Å². The van der Waals surface area contributed by atoms with Crippen LogP contribution in [-0.2, 0) is 0 Å². The van der Waals surface area contributed by atoms with E-state index in [0.29, 0.717) is 5.82 Å². The van der Waals surface area contributed by atoms with Crippen molar-refractivity contribution in [3.8, 4) is 11.1 Å². The van der Waals surface area contributed by atoms with Gasteiger partial charge in [-0.1, -0.05) is 0 Å². The Morgan fingerprint density at radius 2 is 2.05 bits per heavy atom. The zero-order chi connectivity index (χ0) is 13.7. The lowest BCUT2D eigenvalue weighted by Gasteiger charge is -2.05. The molecule has 4 N–H and O–H groups in total. The van der Waals surface area contributed by atoms with E-state index in [2.05, 4.69) is 36.1 Å². The first-order chi connectivity index (χ1) is 9.74. The fraction of sp³-hybridized carbons (Fsp3) is 0. The summed E-state index contributed by atoms with van der Waals surface area (Å²) in [5.74, 6) is 0.571. The van der Waals surface area contributed by atoms with Crippen molar-refractivity contribution in [3.63, 3.8) is 0 Å². The fourth-order valence-corrected chi connectivity index (χ4v) is 3.01. The van der Waals surface area contributed by atoms with Crippen molar-refractivity contribution < 1.29 is 0 Å². The van der Waals surface area contributed by atoms with Gasteiger partial charge in [0, 0.05) is 27.6 Å². The van der Waals surface area contributed by atoms with Crippen molar-refractivity contribution >= 4 is 43.7 Å². The number of nitrogens with two attached hydrogens (primary N) is 1. The summed E-state index contributed by atoms with van der Waals surface area (Å²) in [6.45, 7) is 0. The molecule has 0 unspecified atom stereocenters. The van der Waals surface area contributed by atoms with E-state index in [1.54, 1.807) is 6.20 Å². The smallest absolute Gasteiger partial charge is 0.137 e. The summed E-state index contributed by atoms with van der Waals surface area (Å²) in [5.41, 5.74) is 9.82. The Morgan fingerprint density at radius 1 is 1.15 bits per heavy atom. The number of aromatic nitrogens is 4. The van der Waals surface area contributed by atoms with Crippen molar-refractivity contribution in [3.05, 3.63) is 41.1 Å². The molecule has 0 spiro atoms. The number of hydrogen-bond donors (Lipinski definition) is 3. The lowest BCUT2D eigenvalue weighted by Crippen LogP contribution is -1.86. The minimum absolute atomic E-state index is 0.571. The van der Waals surface area contributed by atoms with Crippen LogP contribution in [-0.4, -0.2) is 20.2 Å². The van der Waals surface area contributed by atoms with E-state index < -0.39 is 0 Å². The van der Waals surface area contributed by atoms with Gasteiger partial charge in [-0.05, 0) is 51.3 Å². The first kappa shape index (κ1) is 11.5. The molecule has 0 bridgehead atoms. The summed E-state index contributed by atoms with van der Waals surface area (Å²) in [6, 6.07) is 8.11. The number of hydrogen-bond acceptors (Lipinski definition) is 3. The molecule has 0 saturated carbocycles. The molecule has 3 aromatic heterocycles. The van der Waals surface area contributed by atoms with Crippen molar-refractivity contribution in [1.82, 2.24) is 20.2 Å². The number of anilines is 1. The number of benzene rings is 1. The summed E-state index contributed by atoms with van der Waals surface area (Å²) < 4.78 is 0.915. The van der Waals surface area contributed by atoms with E-state index in [1.165, 1.54) is 0 Å². The third kappa shape index (κ3) is 1.55. The van der Waals surface area contributed by atoms with Crippen LogP contribution in [0.15, 0.2) is 41.1 Å². The van der Waals surface area contributed by atoms with Crippen LogP contribution in [0.25, 0.3) is 33.1 Å². The predicted molar refractivity (Wildman–Crippen MR) is 83.3 cm³/mol. The molecule has 4 aromatic rings. The number of nitrogen functional groups attached to an aromatic ring is 1. The zero-order valence-electron chi connectivity index (χ0n) is 10.3. The maximum absolute atomic E-state index is 5.93. The third-order valence-corrected chi connectivity index (χ3v) is 4.02. The van der Waals surface area contributed by atoms with Gasteiger partial charge in [-0.15, -0.1) is 0 Å². The number of rotatable bonds is 1. The van der Waals surface area contributed by atoms with Crippen LogP contribution in [0.2, 0.25) is 0 Å². The molecule has 0 radical (unpaired) electrons. The van der Waals surface area contributed by atoms with Gasteiger partial charge >= 0.3 is 0 Å². The largest absolute Gasteiger partial charge is 0.384 e. The molecule has 0 saturated heterocycles. The van der Waals surface area contributed by atoms with Gasteiger partial charge in [0.25, 0.3) is 0 Å². The number of fused-ring (bicyclic) bond motifs is 2. The van der Waals surface area contributed by atoms with Crippen LogP contribution in [0, 0.1) is 0 Å². The highest BCUT2D eigenvalue weighted by molar-refractivity contribution is 9.10. The third-order valence-electron chi connectivity index (χ3n) is 3.41. The van der Waals surface area contributed by atoms with Gasteiger partial charge in [-0.3, -0.25) is 5.10 Å². The topological polar surface area (TPSA) is 83.4 Å². The Kier molecular flexibility index (Phi) is 2.34. The minimum Gasteiger partial charge on any atom is -0.384 e. The van der Waals surface area contributed by atoms with Gasteiger partial charge in [0.05, 0.1) is 0 Å². The maximum atomic E-state index is 5.93. The average Bonchev–Trinajstić information content (AvgIpc) is 3.06. The van der Waals surface area contributed by atoms with E-state index >= 15 is 0 Å². The fourth-order valence-electron chi connectivity index (χ4n) is 2.46. The van der Waals surface area contributed by atoms with Crippen LogP contribution < -0.4 is 5.73 Å². The molecule has 1 aromatic carbocycles. The van der Waals surface area contributed by atoms with Crippen LogP contribution in [0.1, 0.15) is 0 Å². The van der Waals surface area contributed by atoms with Crippen LogP contribution >= 0.6 is 15.9 Å². The quantitative estimate of drug-likeness (QED) is 0.500. The Labute approximate surface area is 122 Å². The molecule has 0 fully saturated rings. The molecule has 98 valence electrons.